The molecule has 3 heterocycles. The summed E-state index contributed by atoms with van der Waals surface area (Å²) in [6, 6.07) is 3.97. The van der Waals surface area contributed by atoms with Crippen molar-refractivity contribution >= 4 is 21.7 Å². The molecule has 8 nitrogen and oxygen atoms in total. The van der Waals surface area contributed by atoms with Gasteiger partial charge in [0.25, 0.3) is 0 Å². The molecule has 0 spiro atoms. The Labute approximate surface area is 167 Å². The highest BCUT2D eigenvalue weighted by Crippen LogP contribution is 2.20. The van der Waals surface area contributed by atoms with Crippen molar-refractivity contribution in [1.29, 1.82) is 0 Å². The summed E-state index contributed by atoms with van der Waals surface area (Å²) in [5.41, 5.74) is 0.944. The number of anilines is 1. The van der Waals surface area contributed by atoms with Crippen LogP contribution in [0.4, 0.5) is 5.82 Å². The molecule has 2 aliphatic rings. The zero-order chi connectivity index (χ0) is 20.3. The number of amides is 1. The predicted octanol–water partition coefficient (Wildman–Crippen LogP) is 0.983. The lowest BCUT2D eigenvalue weighted by Crippen LogP contribution is -2.45. The normalized spacial score (nSPS) is 24.9. The average molecular weight is 411 g/mol. The Morgan fingerprint density at radius 1 is 1.21 bits per heavy atom. The van der Waals surface area contributed by atoms with E-state index in [-0.39, 0.29) is 24.0 Å². The Hall–Kier alpha value is -1.71. The molecule has 1 amide bonds. The largest absolute Gasteiger partial charge is 0.372 e. The summed E-state index contributed by atoms with van der Waals surface area (Å²) < 4.78 is 30.3. The number of piperidine rings is 1. The number of ether oxygens (including phenoxy) is 1. The van der Waals surface area contributed by atoms with Crippen molar-refractivity contribution in [3.05, 3.63) is 23.9 Å². The van der Waals surface area contributed by atoms with Crippen LogP contribution < -0.4 is 10.2 Å². The van der Waals surface area contributed by atoms with Gasteiger partial charge in [-0.05, 0) is 38.3 Å². The second-order valence-corrected chi connectivity index (χ2v) is 9.82. The molecule has 1 aromatic rings. The van der Waals surface area contributed by atoms with Crippen molar-refractivity contribution in [2.45, 2.75) is 45.4 Å². The van der Waals surface area contributed by atoms with Crippen LogP contribution >= 0.6 is 0 Å². The van der Waals surface area contributed by atoms with Gasteiger partial charge in [-0.2, -0.15) is 0 Å². The maximum absolute atomic E-state index is 12.4. The molecule has 0 aromatic carbocycles. The van der Waals surface area contributed by atoms with Crippen LogP contribution in [0.25, 0.3) is 0 Å². The Kier molecular flexibility index (Phi) is 6.57. The number of hydrogen-bond acceptors (Lipinski definition) is 6. The van der Waals surface area contributed by atoms with Gasteiger partial charge in [0.1, 0.15) is 5.82 Å². The number of nitrogens with zero attached hydrogens (tertiary/aromatic N) is 3. The van der Waals surface area contributed by atoms with Crippen LogP contribution in [-0.2, 0) is 26.1 Å². The number of aromatic nitrogens is 1. The van der Waals surface area contributed by atoms with Crippen molar-refractivity contribution in [2.75, 3.05) is 37.3 Å². The third kappa shape index (κ3) is 5.42. The molecular formula is C19H30N4O4S. The lowest BCUT2D eigenvalue weighted by molar-refractivity contribution is -0.126. The van der Waals surface area contributed by atoms with E-state index in [1.807, 2.05) is 12.1 Å². The van der Waals surface area contributed by atoms with Gasteiger partial charge in [-0.3, -0.25) is 4.79 Å². The fourth-order valence-electron chi connectivity index (χ4n) is 3.86. The molecule has 0 aliphatic carbocycles. The topological polar surface area (TPSA) is 91.8 Å². The smallest absolute Gasteiger partial charge is 0.223 e. The maximum Gasteiger partial charge on any atom is 0.223 e. The highest BCUT2D eigenvalue weighted by atomic mass is 32.2. The average Bonchev–Trinajstić information content (AvgIpc) is 2.65. The first-order chi connectivity index (χ1) is 13.2. The van der Waals surface area contributed by atoms with E-state index in [2.05, 4.69) is 29.0 Å². The zero-order valence-electron chi connectivity index (χ0n) is 16.8. The maximum atomic E-state index is 12.4. The molecule has 2 aliphatic heterocycles. The highest BCUT2D eigenvalue weighted by molar-refractivity contribution is 7.88. The van der Waals surface area contributed by atoms with Crippen LogP contribution in [-0.4, -0.2) is 68.3 Å². The van der Waals surface area contributed by atoms with Crippen LogP contribution in [0, 0.1) is 5.92 Å². The second-order valence-electron chi connectivity index (χ2n) is 7.84. The molecule has 0 bridgehead atoms. The van der Waals surface area contributed by atoms with E-state index in [1.165, 1.54) is 10.6 Å². The summed E-state index contributed by atoms with van der Waals surface area (Å²) in [6.07, 6.45) is 4.49. The molecule has 1 N–H and O–H groups in total. The fraction of sp³-hybridized carbons (Fsp3) is 0.684. The number of carbonyl (C=O) groups excluding carboxylic acids is 1. The molecule has 2 unspecified atom stereocenters. The van der Waals surface area contributed by atoms with Gasteiger partial charge in [0.05, 0.1) is 18.5 Å². The molecule has 3 rings (SSSR count). The van der Waals surface area contributed by atoms with Crippen LogP contribution in [0.5, 0.6) is 0 Å². The number of rotatable bonds is 5. The summed E-state index contributed by atoms with van der Waals surface area (Å²) >= 11 is 0. The monoisotopic (exact) mass is 410 g/mol. The molecule has 2 atom stereocenters. The van der Waals surface area contributed by atoms with Crippen LogP contribution in [0.3, 0.4) is 0 Å². The SMILES string of the molecule is CC1CN(c2ccc(CNC(=O)C3CCN(S(C)(=O)=O)CC3)cn2)CC(C)O1. The number of nitrogens with one attached hydrogen (secondary N) is 1. The third-order valence-electron chi connectivity index (χ3n) is 5.31. The minimum absolute atomic E-state index is 0.0203. The van der Waals surface area contributed by atoms with E-state index < -0.39 is 10.0 Å². The summed E-state index contributed by atoms with van der Waals surface area (Å²) in [6.45, 7) is 7.00. The summed E-state index contributed by atoms with van der Waals surface area (Å²) in [7, 11) is -3.17. The van der Waals surface area contributed by atoms with E-state index in [0.717, 1.165) is 24.5 Å². The minimum atomic E-state index is -3.17. The molecule has 0 saturated carbocycles. The van der Waals surface area contributed by atoms with E-state index >= 15 is 0 Å². The lowest BCUT2D eigenvalue weighted by atomic mass is 9.97. The summed E-state index contributed by atoms with van der Waals surface area (Å²) in [5, 5.41) is 2.95. The molecule has 156 valence electrons. The molecule has 1 aromatic heterocycles. The second kappa shape index (κ2) is 8.75. The van der Waals surface area contributed by atoms with Gasteiger partial charge in [-0.1, -0.05) is 6.07 Å². The number of hydrogen-bond donors (Lipinski definition) is 1. The standard InChI is InChI=1S/C19H30N4O4S/c1-14-12-22(13-15(2)27-14)18-5-4-16(10-20-18)11-21-19(24)17-6-8-23(9-7-17)28(3,25)26/h4-5,10,14-15,17H,6-9,11-13H2,1-3H3,(H,21,24). The van der Waals surface area contributed by atoms with Crippen molar-refractivity contribution in [1.82, 2.24) is 14.6 Å². The number of carbonyl (C=O) groups is 1. The van der Waals surface area contributed by atoms with Crippen LogP contribution in [0.15, 0.2) is 18.3 Å². The van der Waals surface area contributed by atoms with Crippen molar-refractivity contribution in [3.8, 4) is 0 Å². The first-order valence-corrected chi connectivity index (χ1v) is 11.7. The fourth-order valence-corrected chi connectivity index (χ4v) is 4.73. The van der Waals surface area contributed by atoms with Crippen LogP contribution in [0.2, 0.25) is 0 Å². The third-order valence-corrected chi connectivity index (χ3v) is 6.62. The molecule has 2 saturated heterocycles. The van der Waals surface area contributed by atoms with Gasteiger partial charge in [-0.15, -0.1) is 0 Å². The molecule has 2 fully saturated rings. The number of sulfonamides is 1. The molecule has 9 heteroatoms. The van der Waals surface area contributed by atoms with Gasteiger partial charge >= 0.3 is 0 Å². The quantitative estimate of drug-likeness (QED) is 0.778. The van der Waals surface area contributed by atoms with Gasteiger partial charge in [0, 0.05) is 44.8 Å². The van der Waals surface area contributed by atoms with E-state index in [1.54, 1.807) is 6.20 Å². The molecule has 28 heavy (non-hydrogen) atoms. The number of morpholine rings is 1. The predicted molar refractivity (Wildman–Crippen MR) is 107 cm³/mol. The Morgan fingerprint density at radius 2 is 1.86 bits per heavy atom. The Morgan fingerprint density at radius 3 is 2.39 bits per heavy atom. The van der Waals surface area contributed by atoms with Crippen LogP contribution in [0.1, 0.15) is 32.3 Å². The lowest BCUT2D eigenvalue weighted by Gasteiger charge is -2.36. The Bertz CT molecular complexity index is 766. The van der Waals surface area contributed by atoms with Gasteiger partial charge in [0.2, 0.25) is 15.9 Å². The van der Waals surface area contributed by atoms with Gasteiger partial charge in [-0.25, -0.2) is 17.7 Å². The first kappa shape index (κ1) is 21.0. The Balaban J connectivity index is 1.48. The van der Waals surface area contributed by atoms with Crippen molar-refractivity contribution in [2.24, 2.45) is 5.92 Å². The van der Waals surface area contributed by atoms with Gasteiger partial charge < -0.3 is 15.0 Å². The van der Waals surface area contributed by atoms with Gasteiger partial charge in [0.15, 0.2) is 0 Å². The molecular weight excluding hydrogens is 380 g/mol. The van der Waals surface area contributed by atoms with E-state index in [0.29, 0.717) is 32.5 Å². The number of pyridine rings is 1. The first-order valence-electron chi connectivity index (χ1n) is 9.80. The van der Waals surface area contributed by atoms with E-state index in [4.69, 9.17) is 4.74 Å². The molecule has 0 radical (unpaired) electrons. The highest BCUT2D eigenvalue weighted by Gasteiger charge is 2.28. The summed E-state index contributed by atoms with van der Waals surface area (Å²) in [5.74, 6) is 0.764. The zero-order valence-corrected chi connectivity index (χ0v) is 17.6. The van der Waals surface area contributed by atoms with E-state index in [9.17, 15) is 13.2 Å². The summed E-state index contributed by atoms with van der Waals surface area (Å²) in [4.78, 5) is 19.2. The van der Waals surface area contributed by atoms with Crippen molar-refractivity contribution in [3.63, 3.8) is 0 Å². The minimum Gasteiger partial charge on any atom is -0.372 e. The van der Waals surface area contributed by atoms with Crippen molar-refractivity contribution < 1.29 is 17.9 Å².